The van der Waals surface area contributed by atoms with E-state index in [1.165, 1.54) is 27.7 Å². The molecule has 2 heteroatoms. The number of benzene rings is 2. The topological polar surface area (TPSA) is 27.8 Å². The molecule has 3 rings (SSSR count). The maximum Gasteiger partial charge on any atom is 0.0457 e. The van der Waals surface area contributed by atoms with Gasteiger partial charge in [0.2, 0.25) is 0 Å². The molecule has 0 aliphatic rings. The molecule has 1 heterocycles. The maximum absolute atomic E-state index is 3.52. The molecule has 20 heavy (non-hydrogen) atoms. The van der Waals surface area contributed by atoms with Crippen LogP contribution in [-0.2, 0) is 6.54 Å². The summed E-state index contributed by atoms with van der Waals surface area (Å²) in [7, 11) is 0. The molecule has 0 amide bonds. The van der Waals surface area contributed by atoms with Crippen LogP contribution in [0.2, 0.25) is 0 Å². The molecule has 2 N–H and O–H groups in total. The van der Waals surface area contributed by atoms with Crippen molar-refractivity contribution in [3.63, 3.8) is 0 Å². The Bertz CT molecular complexity index is 710. The molecule has 0 spiro atoms. The molecule has 3 aromatic rings. The van der Waals surface area contributed by atoms with Crippen LogP contribution >= 0.6 is 0 Å². The van der Waals surface area contributed by atoms with Crippen molar-refractivity contribution in [3.05, 3.63) is 65.9 Å². The van der Waals surface area contributed by atoms with Crippen molar-refractivity contribution in [2.24, 2.45) is 0 Å². The minimum Gasteiger partial charge on any atom is -0.381 e. The Hall–Kier alpha value is -2.22. The number of rotatable bonds is 4. The fourth-order valence-electron chi connectivity index (χ4n) is 2.51. The third-order valence-electron chi connectivity index (χ3n) is 3.72. The summed E-state index contributed by atoms with van der Waals surface area (Å²) in [5, 5.41) is 4.82. The second kappa shape index (κ2) is 5.41. The van der Waals surface area contributed by atoms with E-state index in [-0.39, 0.29) is 0 Å². The molecule has 0 unspecified atom stereocenters. The summed E-state index contributed by atoms with van der Waals surface area (Å²) in [4.78, 5) is 3.25. The van der Waals surface area contributed by atoms with Crippen LogP contribution in [0.3, 0.4) is 0 Å². The van der Waals surface area contributed by atoms with Crippen LogP contribution in [0, 0.1) is 0 Å². The van der Waals surface area contributed by atoms with E-state index in [0.29, 0.717) is 5.92 Å². The van der Waals surface area contributed by atoms with E-state index in [0.717, 1.165) is 6.54 Å². The first-order valence-corrected chi connectivity index (χ1v) is 7.13. The van der Waals surface area contributed by atoms with Crippen LogP contribution in [0.25, 0.3) is 10.9 Å². The van der Waals surface area contributed by atoms with E-state index in [4.69, 9.17) is 0 Å². The Balaban J connectivity index is 1.79. The molecule has 102 valence electrons. The SMILES string of the molecule is CC(C)c1cccc(NCc2cccc3[nH]ccc23)c1. The zero-order chi connectivity index (χ0) is 13.9. The Morgan fingerprint density at radius 3 is 2.75 bits per heavy atom. The maximum atomic E-state index is 3.52. The van der Waals surface area contributed by atoms with Gasteiger partial charge in [-0.05, 0) is 41.3 Å². The van der Waals surface area contributed by atoms with Gasteiger partial charge in [0, 0.05) is 29.3 Å². The van der Waals surface area contributed by atoms with E-state index < -0.39 is 0 Å². The molecule has 2 aromatic carbocycles. The molecule has 0 aliphatic heterocycles. The van der Waals surface area contributed by atoms with Gasteiger partial charge < -0.3 is 10.3 Å². The van der Waals surface area contributed by atoms with E-state index in [9.17, 15) is 0 Å². The van der Waals surface area contributed by atoms with Crippen molar-refractivity contribution in [3.8, 4) is 0 Å². The van der Waals surface area contributed by atoms with Gasteiger partial charge in [-0.2, -0.15) is 0 Å². The number of anilines is 1. The Morgan fingerprint density at radius 1 is 1.05 bits per heavy atom. The van der Waals surface area contributed by atoms with E-state index in [1.807, 2.05) is 6.20 Å². The average molecular weight is 264 g/mol. The number of H-pyrrole nitrogens is 1. The lowest BCUT2D eigenvalue weighted by atomic mass is 10.0. The first-order valence-electron chi connectivity index (χ1n) is 7.13. The van der Waals surface area contributed by atoms with E-state index in [2.05, 4.69) is 72.7 Å². The van der Waals surface area contributed by atoms with E-state index >= 15 is 0 Å². The first-order chi connectivity index (χ1) is 9.74. The van der Waals surface area contributed by atoms with Gasteiger partial charge in [-0.25, -0.2) is 0 Å². The highest BCUT2D eigenvalue weighted by Gasteiger charge is 2.03. The number of nitrogens with one attached hydrogen (secondary N) is 2. The summed E-state index contributed by atoms with van der Waals surface area (Å²) < 4.78 is 0. The zero-order valence-corrected chi connectivity index (χ0v) is 12.0. The van der Waals surface area contributed by atoms with Gasteiger partial charge in [-0.15, -0.1) is 0 Å². The minimum atomic E-state index is 0.560. The monoisotopic (exact) mass is 264 g/mol. The number of aromatic nitrogens is 1. The van der Waals surface area contributed by atoms with Gasteiger partial charge >= 0.3 is 0 Å². The van der Waals surface area contributed by atoms with Crippen LogP contribution in [0.15, 0.2) is 54.7 Å². The number of hydrogen-bond donors (Lipinski definition) is 2. The first kappa shape index (κ1) is 12.8. The Morgan fingerprint density at radius 2 is 1.90 bits per heavy atom. The molecule has 0 saturated heterocycles. The number of hydrogen-bond acceptors (Lipinski definition) is 1. The lowest BCUT2D eigenvalue weighted by molar-refractivity contribution is 0.866. The summed E-state index contributed by atoms with van der Waals surface area (Å²) in [5.74, 6) is 0.560. The molecular weight excluding hydrogens is 244 g/mol. The van der Waals surface area contributed by atoms with Crippen molar-refractivity contribution in [2.75, 3.05) is 5.32 Å². The van der Waals surface area contributed by atoms with Crippen LogP contribution < -0.4 is 5.32 Å². The third-order valence-corrected chi connectivity index (χ3v) is 3.72. The summed E-state index contributed by atoms with van der Waals surface area (Å²) >= 11 is 0. The van der Waals surface area contributed by atoms with Crippen LogP contribution in [-0.4, -0.2) is 4.98 Å². The van der Waals surface area contributed by atoms with Crippen molar-refractivity contribution in [2.45, 2.75) is 26.3 Å². The van der Waals surface area contributed by atoms with Gasteiger partial charge in [0.05, 0.1) is 0 Å². The number of fused-ring (bicyclic) bond motifs is 1. The highest BCUT2D eigenvalue weighted by Crippen LogP contribution is 2.21. The van der Waals surface area contributed by atoms with Crippen molar-refractivity contribution in [1.82, 2.24) is 4.98 Å². The fraction of sp³-hybridized carbons (Fsp3) is 0.222. The van der Waals surface area contributed by atoms with E-state index in [1.54, 1.807) is 0 Å². The Kier molecular flexibility index (Phi) is 3.46. The Labute approximate surface area is 119 Å². The molecule has 0 saturated carbocycles. The van der Waals surface area contributed by atoms with Gasteiger partial charge in [0.15, 0.2) is 0 Å². The molecule has 0 bridgehead atoms. The molecule has 0 aliphatic carbocycles. The van der Waals surface area contributed by atoms with Gasteiger partial charge in [-0.3, -0.25) is 0 Å². The van der Waals surface area contributed by atoms with Gasteiger partial charge in [0.1, 0.15) is 0 Å². The summed E-state index contributed by atoms with van der Waals surface area (Å²) in [6.45, 7) is 5.29. The highest BCUT2D eigenvalue weighted by molar-refractivity contribution is 5.83. The van der Waals surface area contributed by atoms with Crippen molar-refractivity contribution in [1.29, 1.82) is 0 Å². The molecule has 1 aromatic heterocycles. The lowest BCUT2D eigenvalue weighted by Crippen LogP contribution is -2.00. The van der Waals surface area contributed by atoms with Gasteiger partial charge in [-0.1, -0.05) is 38.1 Å². The highest BCUT2D eigenvalue weighted by atomic mass is 14.9. The smallest absolute Gasteiger partial charge is 0.0457 e. The standard InChI is InChI=1S/C18H20N2/c1-13(2)14-5-3-7-16(11-14)20-12-15-6-4-8-18-17(15)9-10-19-18/h3-11,13,19-20H,12H2,1-2H3. The second-order valence-electron chi connectivity index (χ2n) is 5.49. The zero-order valence-electron chi connectivity index (χ0n) is 12.0. The molecule has 2 nitrogen and oxygen atoms in total. The molecule has 0 atom stereocenters. The van der Waals surface area contributed by atoms with Crippen LogP contribution in [0.5, 0.6) is 0 Å². The predicted octanol–water partition coefficient (Wildman–Crippen LogP) is 4.90. The van der Waals surface area contributed by atoms with Crippen molar-refractivity contribution < 1.29 is 0 Å². The second-order valence-corrected chi connectivity index (χ2v) is 5.49. The molecule has 0 radical (unpaired) electrons. The summed E-state index contributed by atoms with van der Waals surface area (Å²) in [6.07, 6.45) is 1.99. The number of aromatic amines is 1. The van der Waals surface area contributed by atoms with Crippen molar-refractivity contribution >= 4 is 16.6 Å². The average Bonchev–Trinajstić information content (AvgIpc) is 2.94. The lowest BCUT2D eigenvalue weighted by Gasteiger charge is -2.11. The largest absolute Gasteiger partial charge is 0.381 e. The van der Waals surface area contributed by atoms with Gasteiger partial charge in [0.25, 0.3) is 0 Å². The van der Waals surface area contributed by atoms with Crippen LogP contribution in [0.1, 0.15) is 30.9 Å². The van der Waals surface area contributed by atoms with Crippen LogP contribution in [0.4, 0.5) is 5.69 Å². The molecule has 0 fully saturated rings. The summed E-state index contributed by atoms with van der Waals surface area (Å²) in [5.41, 5.74) is 5.07. The normalized spacial score (nSPS) is 11.2. The third kappa shape index (κ3) is 2.55. The fourth-order valence-corrected chi connectivity index (χ4v) is 2.51. The summed E-state index contributed by atoms with van der Waals surface area (Å²) in [6, 6.07) is 17.2. The minimum absolute atomic E-state index is 0.560. The molecular formula is C18H20N2. The quantitative estimate of drug-likeness (QED) is 0.689. The predicted molar refractivity (Wildman–Crippen MR) is 86.2 cm³/mol.